The van der Waals surface area contributed by atoms with E-state index >= 15 is 0 Å². The molecule has 0 radical (unpaired) electrons. The van der Waals surface area contributed by atoms with Gasteiger partial charge in [-0.3, -0.25) is 4.90 Å². The number of hydrogen-bond donors (Lipinski definition) is 3. The third-order valence-electron chi connectivity index (χ3n) is 5.37. The van der Waals surface area contributed by atoms with Crippen LogP contribution in [-0.4, -0.2) is 59.4 Å². The Kier molecular flexibility index (Phi) is 7.21. The molecule has 0 spiro atoms. The number of aromatic nitrogens is 2. The topological polar surface area (TPSA) is 91.8 Å². The molecule has 1 fully saturated rings. The van der Waals surface area contributed by atoms with Crippen molar-refractivity contribution in [2.45, 2.75) is 13.8 Å². The standard InChI is InChI=1S/C24H28FN5O3/c1-16-12-19(13-17(2)22(16)31)27-23-21(25)15-26-24(29-23)28-18-4-3-5-20(14-18)33-11-8-30-6-9-32-10-7-30/h3-5,12-15,31H,6-11H2,1-2H3,(H2,26,27,28,29). The van der Waals surface area contributed by atoms with Gasteiger partial charge in [-0.15, -0.1) is 0 Å². The van der Waals surface area contributed by atoms with Crippen LogP contribution in [0.15, 0.2) is 42.6 Å². The van der Waals surface area contributed by atoms with E-state index in [0.717, 1.165) is 50.5 Å². The fraction of sp³-hybridized carbons (Fsp3) is 0.333. The number of hydrogen-bond acceptors (Lipinski definition) is 8. The molecule has 9 heteroatoms. The average Bonchev–Trinajstić information content (AvgIpc) is 2.81. The van der Waals surface area contributed by atoms with Crippen molar-refractivity contribution in [3.8, 4) is 11.5 Å². The number of halogens is 1. The summed E-state index contributed by atoms with van der Waals surface area (Å²) in [5, 5.41) is 16.0. The molecule has 1 saturated heterocycles. The number of ether oxygens (including phenoxy) is 2. The summed E-state index contributed by atoms with van der Waals surface area (Å²) in [5.74, 6) is 0.650. The summed E-state index contributed by atoms with van der Waals surface area (Å²) in [6.07, 6.45) is 1.11. The second-order valence-electron chi connectivity index (χ2n) is 7.93. The zero-order valence-corrected chi connectivity index (χ0v) is 18.8. The molecule has 0 amide bonds. The molecule has 1 aliphatic rings. The van der Waals surface area contributed by atoms with Crippen molar-refractivity contribution in [3.05, 3.63) is 59.5 Å². The third kappa shape index (κ3) is 6.09. The number of aryl methyl sites for hydroxylation is 2. The van der Waals surface area contributed by atoms with Crippen LogP contribution in [0.25, 0.3) is 0 Å². The first-order chi connectivity index (χ1) is 16.0. The lowest BCUT2D eigenvalue weighted by Crippen LogP contribution is -2.38. The highest BCUT2D eigenvalue weighted by Gasteiger charge is 2.12. The van der Waals surface area contributed by atoms with E-state index in [9.17, 15) is 9.50 Å². The Morgan fingerprint density at radius 3 is 2.61 bits per heavy atom. The number of nitrogens with zero attached hydrogens (tertiary/aromatic N) is 3. The zero-order valence-electron chi connectivity index (χ0n) is 18.8. The quantitative estimate of drug-likeness (QED) is 0.439. The second kappa shape index (κ2) is 10.5. The Morgan fingerprint density at radius 2 is 1.85 bits per heavy atom. The lowest BCUT2D eigenvalue weighted by Gasteiger charge is -2.26. The number of rotatable bonds is 8. The smallest absolute Gasteiger partial charge is 0.229 e. The van der Waals surface area contributed by atoms with E-state index in [0.29, 0.717) is 23.4 Å². The Hall–Kier alpha value is -3.43. The summed E-state index contributed by atoms with van der Waals surface area (Å²) in [5.41, 5.74) is 2.74. The Morgan fingerprint density at radius 1 is 1.09 bits per heavy atom. The van der Waals surface area contributed by atoms with Crippen LogP contribution < -0.4 is 15.4 Å². The van der Waals surface area contributed by atoms with E-state index in [1.165, 1.54) is 0 Å². The van der Waals surface area contributed by atoms with Gasteiger partial charge in [0.1, 0.15) is 18.1 Å². The number of aromatic hydroxyl groups is 1. The van der Waals surface area contributed by atoms with Crippen molar-refractivity contribution in [2.24, 2.45) is 0 Å². The first-order valence-electron chi connectivity index (χ1n) is 10.9. The normalized spacial score (nSPS) is 14.2. The molecule has 8 nitrogen and oxygen atoms in total. The predicted molar refractivity (Wildman–Crippen MR) is 125 cm³/mol. The minimum atomic E-state index is -0.580. The summed E-state index contributed by atoms with van der Waals surface area (Å²) in [4.78, 5) is 10.6. The van der Waals surface area contributed by atoms with Crippen LogP contribution in [0.1, 0.15) is 11.1 Å². The van der Waals surface area contributed by atoms with Crippen LogP contribution in [0.3, 0.4) is 0 Å². The Labute approximate surface area is 192 Å². The van der Waals surface area contributed by atoms with Crippen molar-refractivity contribution >= 4 is 23.1 Å². The molecule has 2 aromatic carbocycles. The van der Waals surface area contributed by atoms with Crippen LogP contribution in [0.2, 0.25) is 0 Å². The number of nitrogens with one attached hydrogen (secondary N) is 2. The lowest BCUT2D eigenvalue weighted by molar-refractivity contribution is 0.0322. The summed E-state index contributed by atoms with van der Waals surface area (Å²) < 4.78 is 25.6. The van der Waals surface area contributed by atoms with Gasteiger partial charge in [-0.1, -0.05) is 6.07 Å². The van der Waals surface area contributed by atoms with Crippen molar-refractivity contribution < 1.29 is 19.0 Å². The van der Waals surface area contributed by atoms with Gasteiger partial charge in [-0.2, -0.15) is 4.98 Å². The Bertz CT molecular complexity index is 1080. The van der Waals surface area contributed by atoms with Crippen LogP contribution >= 0.6 is 0 Å². The monoisotopic (exact) mass is 453 g/mol. The fourth-order valence-electron chi connectivity index (χ4n) is 3.59. The van der Waals surface area contributed by atoms with Crippen molar-refractivity contribution in [1.29, 1.82) is 0 Å². The van der Waals surface area contributed by atoms with Gasteiger partial charge in [0, 0.05) is 37.1 Å². The van der Waals surface area contributed by atoms with Gasteiger partial charge in [0.15, 0.2) is 11.6 Å². The minimum absolute atomic E-state index is 0.0369. The molecule has 1 aromatic heterocycles. The van der Waals surface area contributed by atoms with E-state index in [2.05, 4.69) is 25.5 Å². The maximum atomic E-state index is 14.3. The minimum Gasteiger partial charge on any atom is -0.507 e. The van der Waals surface area contributed by atoms with Crippen molar-refractivity contribution in [2.75, 3.05) is 50.1 Å². The molecule has 0 bridgehead atoms. The first kappa shape index (κ1) is 22.8. The SMILES string of the molecule is Cc1cc(Nc2nc(Nc3cccc(OCCN4CCOCC4)c3)ncc2F)cc(C)c1O. The van der Waals surface area contributed by atoms with E-state index in [4.69, 9.17) is 9.47 Å². The highest BCUT2D eigenvalue weighted by molar-refractivity contribution is 5.63. The summed E-state index contributed by atoms with van der Waals surface area (Å²) in [7, 11) is 0. The molecular formula is C24H28FN5O3. The molecule has 3 aromatic rings. The van der Waals surface area contributed by atoms with Crippen LogP contribution in [0, 0.1) is 19.7 Å². The van der Waals surface area contributed by atoms with E-state index in [-0.39, 0.29) is 17.5 Å². The van der Waals surface area contributed by atoms with Gasteiger partial charge in [-0.25, -0.2) is 9.37 Å². The number of anilines is 4. The number of morpholine rings is 1. The number of benzene rings is 2. The molecule has 33 heavy (non-hydrogen) atoms. The molecule has 4 rings (SSSR count). The fourth-order valence-corrected chi connectivity index (χ4v) is 3.59. The number of phenolic OH excluding ortho intramolecular Hbond substituents is 1. The van der Waals surface area contributed by atoms with Crippen molar-refractivity contribution in [3.63, 3.8) is 0 Å². The maximum Gasteiger partial charge on any atom is 0.229 e. The summed E-state index contributed by atoms with van der Waals surface area (Å²) in [6, 6.07) is 10.9. The van der Waals surface area contributed by atoms with Gasteiger partial charge in [0.2, 0.25) is 5.95 Å². The lowest BCUT2D eigenvalue weighted by atomic mass is 10.1. The molecule has 2 heterocycles. The largest absolute Gasteiger partial charge is 0.507 e. The average molecular weight is 454 g/mol. The molecule has 0 atom stereocenters. The van der Waals surface area contributed by atoms with Crippen LogP contribution in [0.4, 0.5) is 27.5 Å². The molecule has 0 saturated carbocycles. The maximum absolute atomic E-state index is 14.3. The molecule has 1 aliphatic heterocycles. The molecule has 0 aliphatic carbocycles. The van der Waals surface area contributed by atoms with E-state index in [1.54, 1.807) is 26.0 Å². The molecule has 0 unspecified atom stereocenters. The zero-order chi connectivity index (χ0) is 23.2. The van der Waals surface area contributed by atoms with Crippen LogP contribution in [-0.2, 0) is 4.74 Å². The molecule has 174 valence electrons. The van der Waals surface area contributed by atoms with E-state index < -0.39 is 5.82 Å². The van der Waals surface area contributed by atoms with Gasteiger partial charge >= 0.3 is 0 Å². The van der Waals surface area contributed by atoms with Gasteiger partial charge in [0.25, 0.3) is 0 Å². The second-order valence-corrected chi connectivity index (χ2v) is 7.93. The molecular weight excluding hydrogens is 425 g/mol. The van der Waals surface area contributed by atoms with Crippen LogP contribution in [0.5, 0.6) is 11.5 Å². The summed E-state index contributed by atoms with van der Waals surface area (Å²) in [6.45, 7) is 8.36. The van der Waals surface area contributed by atoms with Crippen molar-refractivity contribution in [1.82, 2.24) is 14.9 Å². The molecule has 3 N–H and O–H groups in total. The highest BCUT2D eigenvalue weighted by Crippen LogP contribution is 2.28. The number of phenols is 1. The van der Waals surface area contributed by atoms with Gasteiger partial charge in [0.05, 0.1) is 19.4 Å². The Balaban J connectivity index is 1.40. The van der Waals surface area contributed by atoms with Gasteiger partial charge < -0.3 is 25.2 Å². The van der Waals surface area contributed by atoms with Gasteiger partial charge in [-0.05, 0) is 49.2 Å². The highest BCUT2D eigenvalue weighted by atomic mass is 19.1. The third-order valence-corrected chi connectivity index (χ3v) is 5.37. The van der Waals surface area contributed by atoms with E-state index in [1.807, 2.05) is 24.3 Å². The summed E-state index contributed by atoms with van der Waals surface area (Å²) >= 11 is 0. The predicted octanol–water partition coefficient (Wildman–Crippen LogP) is 4.14. The first-order valence-corrected chi connectivity index (χ1v) is 10.9.